The van der Waals surface area contributed by atoms with E-state index in [1.807, 2.05) is 95.2 Å². The average molecular weight is 773 g/mol. The summed E-state index contributed by atoms with van der Waals surface area (Å²) in [6, 6.07) is 7.23. The second kappa shape index (κ2) is 10.2. The van der Waals surface area contributed by atoms with Gasteiger partial charge in [-0.2, -0.15) is 0 Å². The molecule has 3 N–H and O–H groups in total. The van der Waals surface area contributed by atoms with Gasteiger partial charge in [-0.05, 0) is 89.1 Å². The highest BCUT2D eigenvalue weighted by Crippen LogP contribution is 2.89. The van der Waals surface area contributed by atoms with E-state index in [0.717, 1.165) is 0 Å². The first-order chi connectivity index (χ1) is 24.0. The van der Waals surface area contributed by atoms with Crippen molar-refractivity contribution in [2.24, 2.45) is 0 Å². The van der Waals surface area contributed by atoms with Gasteiger partial charge in [0, 0.05) is 22.3 Å². The van der Waals surface area contributed by atoms with Crippen molar-refractivity contribution in [1.82, 2.24) is 0 Å². The fraction of sp³-hybridized carbons (Fsp3) is 0.514. The molecule has 3 aromatic carbocycles. The zero-order chi connectivity index (χ0) is 37.5. The van der Waals surface area contributed by atoms with Crippen LogP contribution in [0.25, 0.3) is 11.2 Å². The maximum atomic E-state index is 11.9. The average Bonchev–Trinajstić information content (AvgIpc) is 3.25. The number of aromatic hydroxyl groups is 3. The number of benzene rings is 3. The predicted octanol–water partition coefficient (Wildman–Crippen LogP) is 10.0. The molecule has 52 heavy (non-hydrogen) atoms. The number of fused-ring (bicyclic) bond motifs is 1. The third-order valence-electron chi connectivity index (χ3n) is 10.9. The highest BCUT2D eigenvalue weighted by atomic mass is 31.2. The quantitative estimate of drug-likeness (QED) is 0.166. The van der Waals surface area contributed by atoms with E-state index in [0.29, 0.717) is 55.7 Å². The predicted molar refractivity (Wildman–Crippen MR) is 193 cm³/mol. The van der Waals surface area contributed by atoms with E-state index in [1.165, 1.54) is 0 Å². The normalized spacial score (nSPS) is 32.2. The summed E-state index contributed by atoms with van der Waals surface area (Å²) in [4.78, 5) is 0. The van der Waals surface area contributed by atoms with Gasteiger partial charge >= 0.3 is 31.4 Å². The minimum absolute atomic E-state index is 0.0582. The Labute approximate surface area is 305 Å². The van der Waals surface area contributed by atoms with Crippen LogP contribution >= 0.6 is 25.4 Å². The van der Waals surface area contributed by atoms with Gasteiger partial charge in [0.1, 0.15) is 17.1 Å². The maximum absolute atomic E-state index is 11.9. The summed E-state index contributed by atoms with van der Waals surface area (Å²) in [6.45, 7) is 23.6. The van der Waals surface area contributed by atoms with Gasteiger partial charge in [0.05, 0.1) is 0 Å². The molecular weight excluding hydrogens is 729 g/mol. The molecule has 15 heteroatoms. The van der Waals surface area contributed by atoms with E-state index >= 15 is 0 Å². The van der Waals surface area contributed by atoms with E-state index in [4.69, 9.17) is 40.1 Å². The number of hydrogen-bond donors (Lipinski definition) is 3. The van der Waals surface area contributed by atoms with Crippen LogP contribution in [-0.2, 0) is 54.6 Å². The second-order valence-electron chi connectivity index (χ2n) is 17.5. The van der Waals surface area contributed by atoms with E-state index in [-0.39, 0.29) is 22.8 Å². The first kappa shape index (κ1) is 35.3. The summed E-state index contributed by atoms with van der Waals surface area (Å²) in [5, 5.41) is 34.6. The molecule has 278 valence electrons. The molecule has 0 radical (unpaired) electrons. The summed E-state index contributed by atoms with van der Waals surface area (Å²) < 4.78 is 60.8. The van der Waals surface area contributed by atoms with Crippen molar-refractivity contribution in [1.29, 1.82) is 0 Å². The Balaban J connectivity index is 1.50. The zero-order valence-electron chi connectivity index (χ0n) is 31.2. The fourth-order valence-corrected chi connectivity index (χ4v) is 12.8. The van der Waals surface area contributed by atoms with Crippen molar-refractivity contribution >= 4 is 36.6 Å². The van der Waals surface area contributed by atoms with Crippen LogP contribution in [0.2, 0.25) is 0 Å². The molecule has 6 fully saturated rings. The lowest BCUT2D eigenvalue weighted by Crippen LogP contribution is -2.80. The molecular formula is C37H43O12P3. The van der Waals surface area contributed by atoms with Crippen molar-refractivity contribution in [3.8, 4) is 17.2 Å². The van der Waals surface area contributed by atoms with Crippen molar-refractivity contribution in [3.63, 3.8) is 0 Å². The Hall–Kier alpha value is -2.46. The van der Waals surface area contributed by atoms with Crippen LogP contribution in [0.15, 0.2) is 32.7 Å². The van der Waals surface area contributed by atoms with Gasteiger partial charge < -0.3 is 23.7 Å². The molecule has 0 amide bonds. The van der Waals surface area contributed by atoms with Gasteiger partial charge in [-0.25, -0.2) is 4.52 Å². The molecule has 7 aliphatic rings. The van der Waals surface area contributed by atoms with Crippen molar-refractivity contribution in [2.75, 3.05) is 0 Å². The van der Waals surface area contributed by atoms with Crippen LogP contribution in [0.1, 0.15) is 112 Å². The second-order valence-corrected chi connectivity index (χ2v) is 20.5. The molecule has 2 aromatic heterocycles. The van der Waals surface area contributed by atoms with Crippen molar-refractivity contribution < 1.29 is 55.4 Å². The molecule has 3 unspecified atom stereocenters. The van der Waals surface area contributed by atoms with Crippen LogP contribution in [0.4, 0.5) is 0 Å². The number of aryl methyl sites for hydroxylation is 3. The lowest BCUT2D eigenvalue weighted by Gasteiger charge is -2.65. The van der Waals surface area contributed by atoms with Crippen LogP contribution in [-0.4, -0.2) is 27.1 Å². The highest BCUT2D eigenvalue weighted by Gasteiger charge is 2.95. The lowest BCUT2D eigenvalue weighted by atomic mass is 9.59. The SMILES string of the molecule is Cc1cc(O)c(C(C)(C)C)cc1C12OP(O1)OC21OP2OC3(O2)Op2oc4c(C)c(c(o2)c(C(C)(C)C)c4O)C31c1cc(C(C)(C)C)c(O)cc1C. The van der Waals surface area contributed by atoms with E-state index < -0.39 is 64.7 Å². The summed E-state index contributed by atoms with van der Waals surface area (Å²) in [7, 11) is -6.35. The Morgan fingerprint density at radius 3 is 1.62 bits per heavy atom. The van der Waals surface area contributed by atoms with Gasteiger partial charge in [-0.15, -0.1) is 0 Å². The molecule has 8 bridgehead atoms. The molecule has 5 aromatic rings. The van der Waals surface area contributed by atoms with E-state index in [9.17, 15) is 15.3 Å². The molecule has 0 saturated carbocycles. The number of phenolic OH excluding ortho intramolecular Hbond substituents is 3. The topological polar surface area (TPSA) is 152 Å². The summed E-state index contributed by atoms with van der Waals surface area (Å²) in [6.07, 6.45) is 0. The smallest absolute Gasteiger partial charge is 0.392 e. The lowest BCUT2D eigenvalue weighted by molar-refractivity contribution is -0.444. The summed E-state index contributed by atoms with van der Waals surface area (Å²) in [5.74, 6) is -5.46. The first-order valence-electron chi connectivity index (χ1n) is 17.2. The monoisotopic (exact) mass is 772 g/mol. The number of rotatable bonds is 2. The fourth-order valence-electron chi connectivity index (χ4n) is 8.66. The van der Waals surface area contributed by atoms with Gasteiger partial charge in [0.15, 0.2) is 16.7 Å². The Morgan fingerprint density at radius 1 is 0.577 bits per heavy atom. The molecule has 3 atom stereocenters. The van der Waals surface area contributed by atoms with Crippen LogP contribution in [0, 0.1) is 20.8 Å². The molecule has 0 aliphatic carbocycles. The van der Waals surface area contributed by atoms with Gasteiger partial charge in [-0.1, -0.05) is 62.3 Å². The molecule has 9 heterocycles. The molecule has 2 spiro atoms. The number of phenols is 3. The molecule has 12 nitrogen and oxygen atoms in total. The van der Waals surface area contributed by atoms with Crippen LogP contribution in [0.3, 0.4) is 0 Å². The Morgan fingerprint density at radius 2 is 1.08 bits per heavy atom. The van der Waals surface area contributed by atoms with E-state index in [1.54, 1.807) is 12.1 Å². The van der Waals surface area contributed by atoms with Crippen LogP contribution in [0.5, 0.6) is 17.2 Å². The molecule has 12 rings (SSSR count). The zero-order valence-corrected chi connectivity index (χ0v) is 33.9. The molecule has 6 saturated heterocycles. The van der Waals surface area contributed by atoms with Gasteiger partial charge in [0.2, 0.25) is 0 Å². The minimum atomic E-state index is -2.28. The van der Waals surface area contributed by atoms with Crippen LogP contribution < -0.4 is 4.52 Å². The Kier molecular flexibility index (Phi) is 6.94. The largest absolute Gasteiger partial charge is 0.508 e. The highest BCUT2D eigenvalue weighted by molar-refractivity contribution is 7.44. The van der Waals surface area contributed by atoms with E-state index in [2.05, 4.69) is 0 Å². The Bertz CT molecular complexity index is 2250. The third-order valence-corrected chi connectivity index (χ3v) is 14.4. The van der Waals surface area contributed by atoms with Gasteiger partial charge in [-0.3, -0.25) is 27.1 Å². The minimum Gasteiger partial charge on any atom is -0.508 e. The standard InChI is InChI=1S/C37H43O12P3/c1-17-13-24(38)22(31(4,5)6)15-20(17)34-26-19(3)29-28(40)27(33(10,11)12)30(26)42-50(41-29)47-37(34)48-52(49-37)46-36(34)35(43-51(44-35)45-36)21-16-23(32(7,8)9)25(39)14-18(21)2/h13-16,38-40H,1-12H3. The van der Waals surface area contributed by atoms with Crippen molar-refractivity contribution in [2.45, 2.75) is 122 Å². The first-order valence-corrected chi connectivity index (χ1v) is 20.5. The number of hydrogen-bond acceptors (Lipinski definition) is 12. The van der Waals surface area contributed by atoms with Gasteiger partial charge in [0.25, 0.3) is 11.6 Å². The molecule has 7 aliphatic heterocycles. The summed E-state index contributed by atoms with van der Waals surface area (Å²) >= 11 is 0. The maximum Gasteiger partial charge on any atom is 0.392 e. The summed E-state index contributed by atoms with van der Waals surface area (Å²) in [5.41, 5.74) is 2.35. The third kappa shape index (κ3) is 4.05. The van der Waals surface area contributed by atoms with Crippen molar-refractivity contribution in [3.05, 3.63) is 74.3 Å².